The monoisotopic (exact) mass is 269 g/mol. The molecule has 1 aromatic rings. The summed E-state index contributed by atoms with van der Waals surface area (Å²) in [4.78, 5) is 21.9. The van der Waals surface area contributed by atoms with Gasteiger partial charge in [0.1, 0.15) is 11.6 Å². The minimum absolute atomic E-state index is 0.0249. The van der Waals surface area contributed by atoms with Gasteiger partial charge in [0.2, 0.25) is 5.91 Å². The molecule has 0 spiro atoms. The van der Waals surface area contributed by atoms with Crippen molar-refractivity contribution in [3.8, 4) is 0 Å². The summed E-state index contributed by atoms with van der Waals surface area (Å²) < 4.78 is 27.0. The van der Waals surface area contributed by atoms with Crippen LogP contribution in [0.2, 0.25) is 0 Å². The van der Waals surface area contributed by atoms with Crippen molar-refractivity contribution >= 4 is 11.9 Å². The zero-order chi connectivity index (χ0) is 14.0. The maximum atomic E-state index is 13.5. The van der Waals surface area contributed by atoms with Gasteiger partial charge in [0.25, 0.3) is 0 Å². The maximum Gasteiger partial charge on any atom is 0.305 e. The molecule has 1 amide bonds. The van der Waals surface area contributed by atoms with E-state index in [9.17, 15) is 18.4 Å². The summed E-state index contributed by atoms with van der Waals surface area (Å²) in [5, 5.41) is 10.9. The molecule has 19 heavy (non-hydrogen) atoms. The van der Waals surface area contributed by atoms with Gasteiger partial charge in [0.15, 0.2) is 0 Å². The fraction of sp³-hybridized carbons (Fsp3) is 0.385. The van der Waals surface area contributed by atoms with Gasteiger partial charge in [-0.15, -0.1) is 0 Å². The predicted octanol–water partition coefficient (Wildman–Crippen LogP) is 1.66. The van der Waals surface area contributed by atoms with Crippen LogP contribution >= 0.6 is 0 Å². The van der Waals surface area contributed by atoms with E-state index in [4.69, 9.17) is 5.11 Å². The molecular formula is C13H13F2NO3. The Morgan fingerprint density at radius 3 is 2.53 bits per heavy atom. The minimum Gasteiger partial charge on any atom is -0.481 e. The van der Waals surface area contributed by atoms with Crippen LogP contribution in [0.5, 0.6) is 0 Å². The SMILES string of the molecule is O=C(O)CCNC(=O)[C@@H]1C[C@H]1c1c(F)cccc1F. The number of carboxylic acid groups (broad SMARTS) is 1. The van der Waals surface area contributed by atoms with Crippen LogP contribution in [0, 0.1) is 17.6 Å². The first-order valence-electron chi connectivity index (χ1n) is 5.94. The number of halogens is 2. The third-order valence-electron chi connectivity index (χ3n) is 3.14. The Balaban J connectivity index is 1.93. The molecule has 2 rings (SSSR count). The maximum absolute atomic E-state index is 13.5. The molecule has 4 nitrogen and oxygen atoms in total. The van der Waals surface area contributed by atoms with E-state index in [1.165, 1.54) is 6.07 Å². The molecule has 0 bridgehead atoms. The van der Waals surface area contributed by atoms with E-state index in [0.29, 0.717) is 6.42 Å². The van der Waals surface area contributed by atoms with Gasteiger partial charge in [0.05, 0.1) is 6.42 Å². The summed E-state index contributed by atoms with van der Waals surface area (Å²) in [6, 6.07) is 3.60. The van der Waals surface area contributed by atoms with Crippen molar-refractivity contribution in [3.05, 3.63) is 35.4 Å². The molecule has 102 valence electrons. The third kappa shape index (κ3) is 3.07. The Morgan fingerprint density at radius 1 is 1.32 bits per heavy atom. The van der Waals surface area contributed by atoms with E-state index < -0.39 is 29.4 Å². The Hall–Kier alpha value is -1.98. The summed E-state index contributed by atoms with van der Waals surface area (Å²) in [7, 11) is 0. The molecule has 2 N–H and O–H groups in total. The highest BCUT2D eigenvalue weighted by Crippen LogP contribution is 2.49. The first kappa shape index (κ1) is 13.5. The fourth-order valence-electron chi connectivity index (χ4n) is 2.09. The van der Waals surface area contributed by atoms with Crippen molar-refractivity contribution in [1.82, 2.24) is 5.32 Å². The summed E-state index contributed by atoms with van der Waals surface area (Å²) in [6.07, 6.45) is 0.216. The zero-order valence-corrected chi connectivity index (χ0v) is 10.0. The Bertz CT molecular complexity index is 498. The molecule has 0 radical (unpaired) electrons. The molecule has 1 aliphatic carbocycles. The number of hydrogen-bond acceptors (Lipinski definition) is 2. The average Bonchev–Trinajstić information content (AvgIpc) is 3.08. The van der Waals surface area contributed by atoms with E-state index in [-0.39, 0.29) is 24.4 Å². The number of nitrogens with one attached hydrogen (secondary N) is 1. The van der Waals surface area contributed by atoms with Crippen molar-refractivity contribution in [2.45, 2.75) is 18.8 Å². The standard InChI is InChI=1S/C13H13F2NO3/c14-9-2-1-3-10(15)12(9)7-6-8(7)13(19)16-5-4-11(17)18/h1-3,7-8H,4-6H2,(H,16,19)(H,17,18)/t7-,8-/m1/s1. The summed E-state index contributed by atoms with van der Waals surface area (Å²) in [6.45, 7) is 0.0249. The lowest BCUT2D eigenvalue weighted by Crippen LogP contribution is -2.27. The van der Waals surface area contributed by atoms with Crippen LogP contribution < -0.4 is 5.32 Å². The van der Waals surface area contributed by atoms with E-state index in [1.54, 1.807) is 0 Å². The van der Waals surface area contributed by atoms with E-state index >= 15 is 0 Å². The summed E-state index contributed by atoms with van der Waals surface area (Å²) in [5.41, 5.74) is -0.0547. The van der Waals surface area contributed by atoms with E-state index in [1.807, 2.05) is 0 Å². The van der Waals surface area contributed by atoms with Crippen molar-refractivity contribution in [2.75, 3.05) is 6.54 Å². The Kier molecular flexibility index (Phi) is 3.78. The highest BCUT2D eigenvalue weighted by molar-refractivity contribution is 5.83. The molecule has 0 unspecified atom stereocenters. The topological polar surface area (TPSA) is 66.4 Å². The molecule has 2 atom stereocenters. The number of carbonyl (C=O) groups is 2. The van der Waals surface area contributed by atoms with Crippen molar-refractivity contribution in [3.63, 3.8) is 0 Å². The molecule has 1 aliphatic rings. The van der Waals surface area contributed by atoms with Crippen LogP contribution in [-0.4, -0.2) is 23.5 Å². The molecule has 1 fully saturated rings. The molecule has 0 saturated heterocycles. The second-order valence-corrected chi connectivity index (χ2v) is 4.52. The van der Waals surface area contributed by atoms with Crippen molar-refractivity contribution in [1.29, 1.82) is 0 Å². The lowest BCUT2D eigenvalue weighted by atomic mass is 10.1. The fourth-order valence-corrected chi connectivity index (χ4v) is 2.09. The zero-order valence-electron chi connectivity index (χ0n) is 10.0. The molecule has 0 aliphatic heterocycles. The summed E-state index contributed by atoms with van der Waals surface area (Å²) >= 11 is 0. The molecule has 0 aromatic heterocycles. The number of aliphatic carboxylic acids is 1. The normalized spacial score (nSPS) is 20.9. The Morgan fingerprint density at radius 2 is 1.95 bits per heavy atom. The van der Waals surface area contributed by atoms with Crippen LogP contribution in [0.1, 0.15) is 24.3 Å². The third-order valence-corrected chi connectivity index (χ3v) is 3.14. The number of rotatable bonds is 5. The number of carboxylic acids is 1. The highest BCUT2D eigenvalue weighted by atomic mass is 19.1. The Labute approximate surface area is 108 Å². The average molecular weight is 269 g/mol. The number of amides is 1. The van der Waals surface area contributed by atoms with Gasteiger partial charge in [-0.2, -0.15) is 0 Å². The van der Waals surface area contributed by atoms with Crippen LogP contribution in [0.25, 0.3) is 0 Å². The van der Waals surface area contributed by atoms with Crippen LogP contribution in [0.3, 0.4) is 0 Å². The minimum atomic E-state index is -1.01. The van der Waals surface area contributed by atoms with Gasteiger partial charge < -0.3 is 10.4 Å². The molecule has 0 heterocycles. The van der Waals surface area contributed by atoms with Crippen molar-refractivity contribution < 1.29 is 23.5 Å². The van der Waals surface area contributed by atoms with Gasteiger partial charge in [-0.05, 0) is 18.6 Å². The first-order chi connectivity index (χ1) is 9.00. The van der Waals surface area contributed by atoms with Gasteiger partial charge in [-0.25, -0.2) is 8.78 Å². The molecule has 1 aromatic carbocycles. The first-order valence-corrected chi connectivity index (χ1v) is 5.94. The van der Waals surface area contributed by atoms with E-state index in [2.05, 4.69) is 5.32 Å². The van der Waals surface area contributed by atoms with Crippen LogP contribution in [-0.2, 0) is 9.59 Å². The predicted molar refractivity (Wildman–Crippen MR) is 62.5 cm³/mol. The quantitative estimate of drug-likeness (QED) is 0.854. The number of carbonyl (C=O) groups excluding carboxylic acids is 1. The van der Waals surface area contributed by atoms with Crippen LogP contribution in [0.15, 0.2) is 18.2 Å². The van der Waals surface area contributed by atoms with E-state index in [0.717, 1.165) is 12.1 Å². The molecular weight excluding hydrogens is 256 g/mol. The molecule has 6 heteroatoms. The highest BCUT2D eigenvalue weighted by Gasteiger charge is 2.46. The van der Waals surface area contributed by atoms with Gasteiger partial charge in [0, 0.05) is 23.9 Å². The molecule has 1 saturated carbocycles. The second kappa shape index (κ2) is 5.34. The van der Waals surface area contributed by atoms with Crippen LogP contribution in [0.4, 0.5) is 8.78 Å². The number of hydrogen-bond donors (Lipinski definition) is 2. The summed E-state index contributed by atoms with van der Waals surface area (Å²) in [5.74, 6) is -3.58. The lowest BCUT2D eigenvalue weighted by molar-refractivity contribution is -0.136. The van der Waals surface area contributed by atoms with Gasteiger partial charge in [-0.1, -0.05) is 6.07 Å². The second-order valence-electron chi connectivity index (χ2n) is 4.52. The smallest absolute Gasteiger partial charge is 0.305 e. The van der Waals surface area contributed by atoms with Crippen molar-refractivity contribution in [2.24, 2.45) is 5.92 Å². The number of benzene rings is 1. The lowest BCUT2D eigenvalue weighted by Gasteiger charge is -2.05. The van der Waals surface area contributed by atoms with Gasteiger partial charge in [-0.3, -0.25) is 9.59 Å². The largest absolute Gasteiger partial charge is 0.481 e. The van der Waals surface area contributed by atoms with Gasteiger partial charge >= 0.3 is 5.97 Å².